The molecule has 1 aromatic rings. The van der Waals surface area contributed by atoms with Crippen molar-refractivity contribution in [1.82, 2.24) is 0 Å². The first-order chi connectivity index (χ1) is 6.15. The third-order valence-electron chi connectivity index (χ3n) is 2.37. The molecular formula is C11H16FN. The fourth-order valence-electron chi connectivity index (χ4n) is 1.62. The molecule has 1 rings (SSSR count). The van der Waals surface area contributed by atoms with Crippen LogP contribution in [0.2, 0.25) is 0 Å². The Morgan fingerprint density at radius 2 is 1.85 bits per heavy atom. The molecule has 72 valence electrons. The third kappa shape index (κ3) is 2.52. The van der Waals surface area contributed by atoms with Crippen LogP contribution < -0.4 is 5.73 Å². The van der Waals surface area contributed by atoms with Gasteiger partial charge < -0.3 is 5.73 Å². The summed E-state index contributed by atoms with van der Waals surface area (Å²) in [6, 6.07) is 6.72. The van der Waals surface area contributed by atoms with Crippen LogP contribution in [0.1, 0.15) is 31.7 Å². The minimum Gasteiger partial charge on any atom is -0.327 e. The lowest BCUT2D eigenvalue weighted by Gasteiger charge is -2.19. The second-order valence-corrected chi connectivity index (χ2v) is 3.43. The highest BCUT2D eigenvalue weighted by molar-refractivity contribution is 5.21. The smallest absolute Gasteiger partial charge is 0.123 e. The van der Waals surface area contributed by atoms with Crippen molar-refractivity contribution in [2.75, 3.05) is 0 Å². The number of hydrogen-bond acceptors (Lipinski definition) is 1. The summed E-state index contributed by atoms with van der Waals surface area (Å²) in [5.41, 5.74) is 6.95. The van der Waals surface area contributed by atoms with E-state index in [1.165, 1.54) is 12.1 Å². The van der Waals surface area contributed by atoms with Gasteiger partial charge in [0.05, 0.1) is 0 Å². The Labute approximate surface area is 78.8 Å². The lowest BCUT2D eigenvalue weighted by Crippen LogP contribution is -2.24. The van der Waals surface area contributed by atoms with Crippen LogP contribution in [0.25, 0.3) is 0 Å². The first-order valence-corrected chi connectivity index (χ1v) is 4.66. The van der Waals surface area contributed by atoms with Gasteiger partial charge in [-0.2, -0.15) is 0 Å². The van der Waals surface area contributed by atoms with E-state index in [2.05, 4.69) is 6.92 Å². The predicted molar refractivity (Wildman–Crippen MR) is 53.1 cm³/mol. The van der Waals surface area contributed by atoms with Gasteiger partial charge in [-0.05, 0) is 37.0 Å². The standard InChI is InChI=1S/C11H16FN/c1-3-11(8(2)13)9-4-6-10(12)7-5-9/h4-8,11H,3,13H2,1-2H3/t8-,11?/m1/s1. The largest absolute Gasteiger partial charge is 0.327 e. The Morgan fingerprint density at radius 3 is 2.23 bits per heavy atom. The van der Waals surface area contributed by atoms with E-state index in [-0.39, 0.29) is 11.9 Å². The lowest BCUT2D eigenvalue weighted by atomic mass is 9.91. The van der Waals surface area contributed by atoms with Crippen molar-refractivity contribution in [3.8, 4) is 0 Å². The summed E-state index contributed by atoms with van der Waals surface area (Å²) in [5, 5.41) is 0. The van der Waals surface area contributed by atoms with Crippen LogP contribution in [0.3, 0.4) is 0 Å². The Morgan fingerprint density at radius 1 is 1.31 bits per heavy atom. The van der Waals surface area contributed by atoms with Crippen LogP contribution in [0.4, 0.5) is 4.39 Å². The van der Waals surface area contributed by atoms with Crippen LogP contribution in [0.15, 0.2) is 24.3 Å². The molecule has 0 spiro atoms. The Balaban J connectivity index is 2.86. The number of nitrogens with two attached hydrogens (primary N) is 1. The van der Waals surface area contributed by atoms with Gasteiger partial charge in [0.1, 0.15) is 5.82 Å². The van der Waals surface area contributed by atoms with Crippen molar-refractivity contribution in [1.29, 1.82) is 0 Å². The van der Waals surface area contributed by atoms with E-state index in [1.54, 1.807) is 0 Å². The van der Waals surface area contributed by atoms with Gasteiger partial charge in [-0.25, -0.2) is 4.39 Å². The van der Waals surface area contributed by atoms with Crippen molar-refractivity contribution < 1.29 is 4.39 Å². The van der Waals surface area contributed by atoms with Gasteiger partial charge in [0, 0.05) is 6.04 Å². The molecule has 0 bridgehead atoms. The second-order valence-electron chi connectivity index (χ2n) is 3.43. The first kappa shape index (κ1) is 10.2. The maximum Gasteiger partial charge on any atom is 0.123 e. The molecule has 0 fully saturated rings. The molecule has 0 aliphatic heterocycles. The molecule has 0 aromatic heterocycles. The molecule has 2 heteroatoms. The van der Waals surface area contributed by atoms with Crippen molar-refractivity contribution in [2.24, 2.45) is 5.73 Å². The summed E-state index contributed by atoms with van der Waals surface area (Å²) < 4.78 is 12.6. The van der Waals surface area contributed by atoms with Gasteiger partial charge in [-0.3, -0.25) is 0 Å². The van der Waals surface area contributed by atoms with E-state index in [1.807, 2.05) is 19.1 Å². The first-order valence-electron chi connectivity index (χ1n) is 4.66. The quantitative estimate of drug-likeness (QED) is 0.762. The van der Waals surface area contributed by atoms with E-state index in [0.29, 0.717) is 5.92 Å². The zero-order chi connectivity index (χ0) is 9.84. The number of benzene rings is 1. The van der Waals surface area contributed by atoms with Gasteiger partial charge in [0.25, 0.3) is 0 Å². The lowest BCUT2D eigenvalue weighted by molar-refractivity contribution is 0.550. The Hall–Kier alpha value is -0.890. The van der Waals surface area contributed by atoms with Crippen LogP contribution in [-0.4, -0.2) is 6.04 Å². The highest BCUT2D eigenvalue weighted by atomic mass is 19.1. The molecule has 13 heavy (non-hydrogen) atoms. The van der Waals surface area contributed by atoms with E-state index >= 15 is 0 Å². The molecule has 0 amide bonds. The zero-order valence-electron chi connectivity index (χ0n) is 8.13. The normalized spacial score (nSPS) is 15.4. The highest BCUT2D eigenvalue weighted by Gasteiger charge is 2.13. The summed E-state index contributed by atoms with van der Waals surface area (Å²) in [4.78, 5) is 0. The minimum atomic E-state index is -0.191. The highest BCUT2D eigenvalue weighted by Crippen LogP contribution is 2.22. The average Bonchev–Trinajstić information content (AvgIpc) is 2.09. The van der Waals surface area contributed by atoms with Gasteiger partial charge >= 0.3 is 0 Å². The molecule has 1 nitrogen and oxygen atoms in total. The monoisotopic (exact) mass is 181 g/mol. The van der Waals surface area contributed by atoms with Crippen molar-refractivity contribution in [2.45, 2.75) is 32.2 Å². The molecule has 0 radical (unpaired) electrons. The van der Waals surface area contributed by atoms with Crippen LogP contribution in [-0.2, 0) is 0 Å². The topological polar surface area (TPSA) is 26.0 Å². The molecule has 2 atom stereocenters. The predicted octanol–water partition coefficient (Wildman–Crippen LogP) is 2.67. The summed E-state index contributed by atoms with van der Waals surface area (Å²) in [7, 11) is 0. The van der Waals surface area contributed by atoms with Crippen molar-refractivity contribution in [3.05, 3.63) is 35.6 Å². The van der Waals surface area contributed by atoms with Crippen molar-refractivity contribution >= 4 is 0 Å². The third-order valence-corrected chi connectivity index (χ3v) is 2.37. The summed E-state index contributed by atoms with van der Waals surface area (Å²) in [6.07, 6.45) is 0.989. The van der Waals surface area contributed by atoms with Crippen molar-refractivity contribution in [3.63, 3.8) is 0 Å². The zero-order valence-corrected chi connectivity index (χ0v) is 8.13. The van der Waals surface area contributed by atoms with Gasteiger partial charge in [0.15, 0.2) is 0 Å². The Bertz CT molecular complexity index is 253. The van der Waals surface area contributed by atoms with Crippen LogP contribution in [0.5, 0.6) is 0 Å². The molecule has 0 saturated heterocycles. The van der Waals surface area contributed by atoms with E-state index in [4.69, 9.17) is 5.73 Å². The fraction of sp³-hybridized carbons (Fsp3) is 0.455. The van der Waals surface area contributed by atoms with Crippen LogP contribution in [0, 0.1) is 5.82 Å². The molecular weight excluding hydrogens is 165 g/mol. The molecule has 2 N–H and O–H groups in total. The van der Waals surface area contributed by atoms with Gasteiger partial charge in [0.2, 0.25) is 0 Å². The maximum atomic E-state index is 12.6. The average molecular weight is 181 g/mol. The molecule has 1 unspecified atom stereocenters. The summed E-state index contributed by atoms with van der Waals surface area (Å²) >= 11 is 0. The maximum absolute atomic E-state index is 12.6. The SMILES string of the molecule is CCC(c1ccc(F)cc1)[C@@H](C)N. The second kappa shape index (κ2) is 4.38. The molecule has 0 saturated carbocycles. The van der Waals surface area contributed by atoms with Gasteiger partial charge in [-0.15, -0.1) is 0 Å². The van der Waals surface area contributed by atoms with Crippen LogP contribution >= 0.6 is 0 Å². The summed E-state index contributed by atoms with van der Waals surface area (Å²) in [6.45, 7) is 4.08. The van der Waals surface area contributed by atoms with Gasteiger partial charge in [-0.1, -0.05) is 19.1 Å². The van der Waals surface area contributed by atoms with E-state index in [9.17, 15) is 4.39 Å². The summed E-state index contributed by atoms with van der Waals surface area (Å²) in [5.74, 6) is 0.142. The molecule has 0 aliphatic rings. The molecule has 0 aliphatic carbocycles. The van der Waals surface area contributed by atoms with E-state index in [0.717, 1.165) is 12.0 Å². The Kier molecular flexibility index (Phi) is 3.43. The van der Waals surface area contributed by atoms with E-state index < -0.39 is 0 Å². The molecule has 1 aromatic carbocycles. The number of halogens is 1. The fourth-order valence-corrected chi connectivity index (χ4v) is 1.62. The minimum absolute atomic E-state index is 0.121. The number of hydrogen-bond donors (Lipinski definition) is 1. The molecule has 0 heterocycles. The number of rotatable bonds is 3.